The molecule has 0 aromatic carbocycles. The van der Waals surface area contributed by atoms with Crippen LogP contribution in [0.1, 0.15) is 348 Å². The molecule has 0 bridgehead atoms. The van der Waals surface area contributed by atoms with Gasteiger partial charge in [-0.1, -0.05) is 348 Å². The van der Waals surface area contributed by atoms with Crippen molar-refractivity contribution in [2.45, 2.75) is 348 Å². The predicted molar refractivity (Wildman–Crippen MR) is 256 cm³/mol. The van der Waals surface area contributed by atoms with Gasteiger partial charge in [0.1, 0.15) is 0 Å². The van der Waals surface area contributed by atoms with E-state index in [9.17, 15) is 0 Å². The van der Waals surface area contributed by atoms with E-state index in [4.69, 9.17) is 0 Å². The Kier molecular flexibility index (Phi) is 52.0. The van der Waals surface area contributed by atoms with Crippen LogP contribution in [0.25, 0.3) is 0 Å². The van der Waals surface area contributed by atoms with Gasteiger partial charge in [0.15, 0.2) is 0 Å². The van der Waals surface area contributed by atoms with Gasteiger partial charge in [0.2, 0.25) is 0 Å². The van der Waals surface area contributed by atoms with Gasteiger partial charge < -0.3 is 0 Å². The first kappa shape index (κ1) is 55.0. The maximum atomic E-state index is 2.45. The molecule has 1 unspecified atom stereocenters. The Hall–Kier alpha value is 0. The summed E-state index contributed by atoms with van der Waals surface area (Å²) >= 11 is 0. The number of rotatable bonds is 51. The van der Waals surface area contributed by atoms with Crippen LogP contribution in [0.15, 0.2) is 0 Å². The minimum atomic E-state index is 1.01. The van der Waals surface area contributed by atoms with Gasteiger partial charge in [0.25, 0.3) is 0 Å². The highest BCUT2D eigenvalue weighted by Gasteiger charge is 2.06. The fourth-order valence-corrected chi connectivity index (χ4v) is 9.34. The summed E-state index contributed by atoms with van der Waals surface area (Å²) in [7, 11) is 0. The summed E-state index contributed by atoms with van der Waals surface area (Å²) < 4.78 is 0. The molecule has 0 aliphatic carbocycles. The van der Waals surface area contributed by atoms with Crippen LogP contribution < -0.4 is 0 Å². The third-order valence-corrected chi connectivity index (χ3v) is 13.5. The number of hydrogen-bond donors (Lipinski definition) is 0. The predicted octanol–water partition coefficient (Wildman–Crippen LogP) is 21.6. The molecule has 0 nitrogen and oxygen atoms in total. The quantitative estimate of drug-likeness (QED) is 0.0540. The summed E-state index contributed by atoms with van der Waals surface area (Å²) in [5, 5.41) is 0. The molecule has 0 aliphatic rings. The first-order valence-corrected chi connectivity index (χ1v) is 27.3. The Morgan fingerprint density at radius 3 is 0.418 bits per heavy atom. The van der Waals surface area contributed by atoms with Crippen molar-refractivity contribution in [3.8, 4) is 0 Å². The monoisotopic (exact) mass is 773 g/mol. The van der Waals surface area contributed by atoms with Crippen LogP contribution >= 0.6 is 0 Å². The molecule has 0 fully saturated rings. The van der Waals surface area contributed by atoms with E-state index in [0.29, 0.717) is 0 Å². The summed E-state index contributed by atoms with van der Waals surface area (Å²) in [4.78, 5) is 0. The standard InChI is InChI=1S/C55H112/c1-4-7-9-11-13-15-17-19-21-23-25-27-29-30-32-34-36-38-40-42-44-46-48-50-52-54-55(6-3)53-51-49-47-45-43-41-39-37-35-33-31-28-26-24-22-20-18-16-14-12-10-8-5-2/h55H,4-54H2,1-3H3. The normalized spacial score (nSPS) is 12.3. The summed E-state index contributed by atoms with van der Waals surface area (Å²) in [6, 6.07) is 0. The van der Waals surface area contributed by atoms with Crippen LogP contribution in [0.2, 0.25) is 0 Å². The minimum absolute atomic E-state index is 1.01. The highest BCUT2D eigenvalue weighted by atomic mass is 14.1. The van der Waals surface area contributed by atoms with Crippen molar-refractivity contribution in [3.05, 3.63) is 0 Å². The van der Waals surface area contributed by atoms with Crippen molar-refractivity contribution >= 4 is 0 Å². The molecule has 0 heterocycles. The van der Waals surface area contributed by atoms with Gasteiger partial charge in [-0.15, -0.1) is 0 Å². The molecule has 0 saturated heterocycles. The lowest BCUT2D eigenvalue weighted by atomic mass is 9.92. The Morgan fingerprint density at radius 2 is 0.291 bits per heavy atom. The molecule has 0 radical (unpaired) electrons. The van der Waals surface area contributed by atoms with Gasteiger partial charge in [0.05, 0.1) is 0 Å². The Labute approximate surface area is 352 Å². The van der Waals surface area contributed by atoms with Crippen LogP contribution in [0.4, 0.5) is 0 Å². The zero-order valence-corrected chi connectivity index (χ0v) is 39.6. The van der Waals surface area contributed by atoms with Crippen molar-refractivity contribution in [1.29, 1.82) is 0 Å². The third kappa shape index (κ3) is 50.1. The maximum absolute atomic E-state index is 2.45. The van der Waals surface area contributed by atoms with Crippen molar-refractivity contribution in [2.24, 2.45) is 5.92 Å². The van der Waals surface area contributed by atoms with E-state index in [2.05, 4.69) is 20.8 Å². The van der Waals surface area contributed by atoms with Gasteiger partial charge in [-0.2, -0.15) is 0 Å². The summed E-state index contributed by atoms with van der Waals surface area (Å²) in [5.74, 6) is 1.01. The highest BCUT2D eigenvalue weighted by Crippen LogP contribution is 2.23. The molecule has 0 rings (SSSR count). The second-order valence-electron chi connectivity index (χ2n) is 19.1. The second kappa shape index (κ2) is 52.0. The summed E-state index contributed by atoms with van der Waals surface area (Å²) in [6.07, 6.45) is 75.7. The molecule has 332 valence electrons. The minimum Gasteiger partial charge on any atom is -0.0654 e. The van der Waals surface area contributed by atoms with Crippen molar-refractivity contribution in [3.63, 3.8) is 0 Å². The zero-order chi connectivity index (χ0) is 39.6. The van der Waals surface area contributed by atoms with Crippen molar-refractivity contribution in [1.82, 2.24) is 0 Å². The van der Waals surface area contributed by atoms with Gasteiger partial charge >= 0.3 is 0 Å². The lowest BCUT2D eigenvalue weighted by Gasteiger charge is -2.14. The fraction of sp³-hybridized carbons (Fsp3) is 1.00. The first-order valence-electron chi connectivity index (χ1n) is 27.3. The largest absolute Gasteiger partial charge is 0.0654 e. The van der Waals surface area contributed by atoms with Crippen molar-refractivity contribution in [2.75, 3.05) is 0 Å². The van der Waals surface area contributed by atoms with Gasteiger partial charge in [-0.25, -0.2) is 0 Å². The highest BCUT2D eigenvalue weighted by molar-refractivity contribution is 4.60. The lowest BCUT2D eigenvalue weighted by molar-refractivity contribution is 0.392. The number of hydrogen-bond acceptors (Lipinski definition) is 0. The van der Waals surface area contributed by atoms with E-state index in [1.807, 2.05) is 0 Å². The van der Waals surface area contributed by atoms with E-state index in [-0.39, 0.29) is 0 Å². The fourth-order valence-electron chi connectivity index (χ4n) is 9.34. The maximum Gasteiger partial charge on any atom is -0.0417 e. The van der Waals surface area contributed by atoms with Gasteiger partial charge in [0, 0.05) is 0 Å². The molecule has 0 N–H and O–H groups in total. The van der Waals surface area contributed by atoms with Crippen LogP contribution in [-0.2, 0) is 0 Å². The lowest BCUT2D eigenvalue weighted by Crippen LogP contribution is -1.99. The Morgan fingerprint density at radius 1 is 0.164 bits per heavy atom. The van der Waals surface area contributed by atoms with E-state index < -0.39 is 0 Å². The van der Waals surface area contributed by atoms with E-state index in [1.165, 1.54) is 327 Å². The SMILES string of the molecule is CCCCCCCCCCCCCCCCCCCCCCCCCCCC(CC)CCCCCCCCCCCCCCCCCCCCCCCCC. The second-order valence-corrected chi connectivity index (χ2v) is 19.1. The third-order valence-electron chi connectivity index (χ3n) is 13.5. The summed E-state index contributed by atoms with van der Waals surface area (Å²) in [6.45, 7) is 7.08. The van der Waals surface area contributed by atoms with Crippen LogP contribution in [0.5, 0.6) is 0 Å². The molecular formula is C55H112. The van der Waals surface area contributed by atoms with E-state index in [1.54, 1.807) is 0 Å². The molecule has 0 heteroatoms. The van der Waals surface area contributed by atoms with Gasteiger partial charge in [-0.3, -0.25) is 0 Å². The van der Waals surface area contributed by atoms with Crippen LogP contribution in [-0.4, -0.2) is 0 Å². The van der Waals surface area contributed by atoms with Gasteiger partial charge in [-0.05, 0) is 5.92 Å². The topological polar surface area (TPSA) is 0 Å². The van der Waals surface area contributed by atoms with Crippen molar-refractivity contribution < 1.29 is 0 Å². The Bertz CT molecular complexity index is 622. The molecular weight excluding hydrogens is 661 g/mol. The average molecular weight is 774 g/mol. The number of unbranched alkanes of at least 4 members (excludes halogenated alkanes) is 46. The smallest absolute Gasteiger partial charge is 0.0417 e. The molecule has 0 amide bonds. The first-order chi connectivity index (χ1) is 27.3. The van der Waals surface area contributed by atoms with E-state index in [0.717, 1.165) is 5.92 Å². The molecule has 55 heavy (non-hydrogen) atoms. The summed E-state index contributed by atoms with van der Waals surface area (Å²) in [5.41, 5.74) is 0. The molecule has 0 aromatic heterocycles. The zero-order valence-electron chi connectivity index (χ0n) is 39.6. The molecule has 0 aliphatic heterocycles. The average Bonchev–Trinajstić information content (AvgIpc) is 3.20. The molecule has 0 aromatic rings. The molecule has 1 atom stereocenters. The Balaban J connectivity index is 3.22. The van der Waals surface area contributed by atoms with Crippen LogP contribution in [0, 0.1) is 5.92 Å². The molecule has 0 spiro atoms. The van der Waals surface area contributed by atoms with Crippen LogP contribution in [0.3, 0.4) is 0 Å². The van der Waals surface area contributed by atoms with E-state index >= 15 is 0 Å². The molecule has 0 saturated carbocycles.